The van der Waals surface area contributed by atoms with Crippen LogP contribution >= 0.6 is 11.3 Å². The number of nitrogens with zero attached hydrogens (tertiary/aromatic N) is 2. The molecule has 6 heteroatoms. The molecule has 0 saturated carbocycles. The van der Waals surface area contributed by atoms with Crippen LogP contribution in [0.15, 0.2) is 41.4 Å². The second-order valence-electron chi connectivity index (χ2n) is 6.24. The average Bonchev–Trinajstić information content (AvgIpc) is 3.10. The molecule has 0 fully saturated rings. The summed E-state index contributed by atoms with van der Waals surface area (Å²) in [7, 11) is 0. The number of benzene rings is 1. The predicted octanol–water partition coefficient (Wildman–Crippen LogP) is 3.79. The summed E-state index contributed by atoms with van der Waals surface area (Å²) in [4.78, 5) is 21.5. The Morgan fingerprint density at radius 3 is 2.30 bits per heavy atom. The van der Waals surface area contributed by atoms with E-state index in [9.17, 15) is 4.79 Å². The fourth-order valence-corrected chi connectivity index (χ4v) is 3.54. The van der Waals surface area contributed by atoms with Crippen LogP contribution in [-0.2, 0) is 13.1 Å². The maximum Gasteiger partial charge on any atom is 0.253 e. The largest absolute Gasteiger partial charge is 0.357 e. The first-order chi connectivity index (χ1) is 13.1. The Kier molecular flexibility index (Phi) is 8.33. The van der Waals surface area contributed by atoms with Gasteiger partial charge in [-0.15, -0.1) is 11.3 Å². The van der Waals surface area contributed by atoms with Gasteiger partial charge in [-0.3, -0.25) is 4.79 Å². The van der Waals surface area contributed by atoms with E-state index in [2.05, 4.69) is 41.6 Å². The van der Waals surface area contributed by atoms with E-state index in [1.54, 1.807) is 11.3 Å². The van der Waals surface area contributed by atoms with Crippen molar-refractivity contribution in [1.82, 2.24) is 15.5 Å². The fourth-order valence-electron chi connectivity index (χ4n) is 2.71. The number of rotatable bonds is 8. The van der Waals surface area contributed by atoms with Crippen molar-refractivity contribution >= 4 is 23.2 Å². The summed E-state index contributed by atoms with van der Waals surface area (Å²) < 4.78 is 0. The van der Waals surface area contributed by atoms with Gasteiger partial charge in [0.05, 0.1) is 13.1 Å². The van der Waals surface area contributed by atoms with Crippen molar-refractivity contribution in [3.8, 4) is 0 Å². The van der Waals surface area contributed by atoms with Crippen LogP contribution in [0.4, 0.5) is 0 Å². The molecule has 1 heterocycles. The lowest BCUT2D eigenvalue weighted by Gasteiger charge is -2.18. The van der Waals surface area contributed by atoms with Crippen molar-refractivity contribution in [3.05, 3.63) is 57.3 Å². The van der Waals surface area contributed by atoms with Gasteiger partial charge in [-0.05, 0) is 57.5 Å². The normalized spacial score (nSPS) is 11.3. The summed E-state index contributed by atoms with van der Waals surface area (Å²) >= 11 is 1.79. The van der Waals surface area contributed by atoms with Crippen molar-refractivity contribution in [3.63, 3.8) is 0 Å². The topological polar surface area (TPSA) is 56.7 Å². The molecule has 27 heavy (non-hydrogen) atoms. The van der Waals surface area contributed by atoms with E-state index in [0.29, 0.717) is 6.54 Å². The standard InChI is InChI=1S/C21H30N4OS/c1-5-22-21(24-15-19-13-8-16(4)27-19)23-14-17-9-11-18(12-10-17)20(26)25(6-2)7-3/h8-13H,5-7,14-15H2,1-4H3,(H2,22,23,24). The summed E-state index contributed by atoms with van der Waals surface area (Å²) in [6, 6.07) is 12.0. The van der Waals surface area contributed by atoms with Crippen molar-refractivity contribution < 1.29 is 4.79 Å². The number of amides is 1. The summed E-state index contributed by atoms with van der Waals surface area (Å²) in [5.74, 6) is 0.878. The lowest BCUT2D eigenvalue weighted by atomic mass is 10.1. The third kappa shape index (κ3) is 6.40. The van der Waals surface area contributed by atoms with Crippen molar-refractivity contribution in [2.75, 3.05) is 19.6 Å². The SMILES string of the molecule is CCNC(=NCc1ccc(C(=O)N(CC)CC)cc1)NCc1ccc(C)s1. The number of aryl methyl sites for hydroxylation is 1. The molecule has 1 aromatic carbocycles. The van der Waals surface area contributed by atoms with Crippen LogP contribution in [0.1, 0.15) is 46.4 Å². The molecular weight excluding hydrogens is 356 g/mol. The molecule has 2 rings (SSSR count). The highest BCUT2D eigenvalue weighted by Crippen LogP contribution is 2.14. The number of thiophene rings is 1. The summed E-state index contributed by atoms with van der Waals surface area (Å²) in [6.45, 7) is 11.8. The highest BCUT2D eigenvalue weighted by Gasteiger charge is 2.11. The fraction of sp³-hybridized carbons (Fsp3) is 0.429. The van der Waals surface area contributed by atoms with E-state index in [1.165, 1.54) is 9.75 Å². The monoisotopic (exact) mass is 386 g/mol. The van der Waals surface area contributed by atoms with Crippen molar-refractivity contribution in [2.45, 2.75) is 40.8 Å². The first kappa shape index (κ1) is 21.0. The molecule has 1 amide bonds. The van der Waals surface area contributed by atoms with Gasteiger partial charge >= 0.3 is 0 Å². The van der Waals surface area contributed by atoms with Crippen molar-refractivity contribution in [1.29, 1.82) is 0 Å². The predicted molar refractivity (Wildman–Crippen MR) is 114 cm³/mol. The molecular formula is C21H30N4OS. The third-order valence-electron chi connectivity index (χ3n) is 4.24. The van der Waals surface area contributed by atoms with Crippen LogP contribution in [-0.4, -0.2) is 36.4 Å². The number of carbonyl (C=O) groups is 1. The van der Waals surface area contributed by atoms with Gasteiger partial charge in [0.1, 0.15) is 0 Å². The minimum absolute atomic E-state index is 0.0799. The molecule has 0 aliphatic carbocycles. The first-order valence-electron chi connectivity index (χ1n) is 9.53. The zero-order valence-electron chi connectivity index (χ0n) is 16.7. The van der Waals surface area contributed by atoms with Gasteiger partial charge in [-0.2, -0.15) is 0 Å². The van der Waals surface area contributed by atoms with Gasteiger partial charge in [0.2, 0.25) is 0 Å². The molecule has 5 nitrogen and oxygen atoms in total. The van der Waals surface area contributed by atoms with Crippen LogP contribution < -0.4 is 10.6 Å². The van der Waals surface area contributed by atoms with Crippen LogP contribution in [0.5, 0.6) is 0 Å². The van der Waals surface area contributed by atoms with E-state index >= 15 is 0 Å². The van der Waals surface area contributed by atoms with E-state index < -0.39 is 0 Å². The highest BCUT2D eigenvalue weighted by molar-refractivity contribution is 7.11. The van der Waals surface area contributed by atoms with E-state index in [-0.39, 0.29) is 5.91 Å². The molecule has 0 bridgehead atoms. The van der Waals surface area contributed by atoms with Crippen LogP contribution in [0.2, 0.25) is 0 Å². The molecule has 2 aromatic rings. The number of carbonyl (C=O) groups excluding carboxylic acids is 1. The molecule has 0 saturated heterocycles. The Labute approximate surface area is 166 Å². The Balaban J connectivity index is 1.97. The smallest absolute Gasteiger partial charge is 0.253 e. The Hall–Kier alpha value is -2.34. The van der Waals surface area contributed by atoms with E-state index in [1.807, 2.05) is 43.0 Å². The zero-order chi connectivity index (χ0) is 19.6. The molecule has 0 aliphatic heterocycles. The van der Waals surface area contributed by atoms with E-state index in [0.717, 1.165) is 43.3 Å². The van der Waals surface area contributed by atoms with Crippen LogP contribution in [0.25, 0.3) is 0 Å². The number of aliphatic imine (C=N–C) groups is 1. The van der Waals surface area contributed by atoms with Crippen LogP contribution in [0.3, 0.4) is 0 Å². The van der Waals surface area contributed by atoms with Gasteiger partial charge in [-0.1, -0.05) is 12.1 Å². The molecule has 1 aromatic heterocycles. The number of nitrogens with one attached hydrogen (secondary N) is 2. The summed E-state index contributed by atoms with van der Waals surface area (Å²) in [5, 5.41) is 6.64. The van der Waals surface area contributed by atoms with Gasteiger partial charge in [0, 0.05) is 35.0 Å². The van der Waals surface area contributed by atoms with Gasteiger partial charge in [0.25, 0.3) is 5.91 Å². The number of hydrogen-bond donors (Lipinski definition) is 2. The molecule has 0 aliphatic rings. The Bertz CT molecular complexity index is 748. The Morgan fingerprint density at radius 1 is 1.04 bits per heavy atom. The van der Waals surface area contributed by atoms with Crippen LogP contribution in [0, 0.1) is 6.92 Å². The molecule has 2 N–H and O–H groups in total. The highest BCUT2D eigenvalue weighted by atomic mass is 32.1. The maximum atomic E-state index is 12.4. The molecule has 0 radical (unpaired) electrons. The van der Waals surface area contributed by atoms with Gasteiger partial charge in [0.15, 0.2) is 5.96 Å². The zero-order valence-corrected chi connectivity index (χ0v) is 17.5. The quantitative estimate of drug-likeness (QED) is 0.536. The molecule has 0 atom stereocenters. The van der Waals surface area contributed by atoms with Gasteiger partial charge in [-0.25, -0.2) is 4.99 Å². The minimum Gasteiger partial charge on any atom is -0.357 e. The average molecular weight is 387 g/mol. The Morgan fingerprint density at radius 2 is 1.74 bits per heavy atom. The second-order valence-corrected chi connectivity index (χ2v) is 7.61. The maximum absolute atomic E-state index is 12.4. The molecule has 0 unspecified atom stereocenters. The van der Waals surface area contributed by atoms with Gasteiger partial charge < -0.3 is 15.5 Å². The molecule has 0 spiro atoms. The number of guanidine groups is 1. The lowest BCUT2D eigenvalue weighted by molar-refractivity contribution is 0.0773. The van der Waals surface area contributed by atoms with E-state index in [4.69, 9.17) is 0 Å². The summed E-state index contributed by atoms with van der Waals surface area (Å²) in [5.41, 5.74) is 1.81. The third-order valence-corrected chi connectivity index (χ3v) is 5.24. The lowest BCUT2D eigenvalue weighted by Crippen LogP contribution is -2.36. The molecule has 146 valence electrons. The van der Waals surface area contributed by atoms with Crippen molar-refractivity contribution in [2.24, 2.45) is 4.99 Å². The minimum atomic E-state index is 0.0799. The first-order valence-corrected chi connectivity index (χ1v) is 10.3. The number of hydrogen-bond acceptors (Lipinski definition) is 3. The second kappa shape index (κ2) is 10.7. The summed E-state index contributed by atoms with van der Waals surface area (Å²) in [6.07, 6.45) is 0.